The number of carbonyl (C=O) groups excluding carboxylic acids is 3. The highest BCUT2D eigenvalue weighted by atomic mass is 16.2. The van der Waals surface area contributed by atoms with Crippen molar-refractivity contribution >= 4 is 17.8 Å². The number of benzene rings is 1. The number of carbonyl (C=O) groups is 3. The highest BCUT2D eigenvalue weighted by Crippen LogP contribution is 2.49. The molecular weight excluding hydrogens is 418 g/mol. The summed E-state index contributed by atoms with van der Waals surface area (Å²) in [6, 6.07) is 10.6. The number of amides is 4. The van der Waals surface area contributed by atoms with Crippen LogP contribution in [-0.2, 0) is 15.1 Å². The Kier molecular flexibility index (Phi) is 6.40. The first kappa shape index (κ1) is 23.5. The molecule has 2 aliphatic carbocycles. The number of likely N-dealkylation sites (N-methyl/N-ethyl adjacent to an activating group) is 1. The largest absolute Gasteiger partial charge is 0.368 e. The fourth-order valence-electron chi connectivity index (χ4n) is 5.74. The van der Waals surface area contributed by atoms with E-state index in [4.69, 9.17) is 5.73 Å². The van der Waals surface area contributed by atoms with Gasteiger partial charge in [0.15, 0.2) is 0 Å². The summed E-state index contributed by atoms with van der Waals surface area (Å²) in [6.07, 6.45) is 6.07. The van der Waals surface area contributed by atoms with Gasteiger partial charge in [-0.2, -0.15) is 0 Å². The van der Waals surface area contributed by atoms with Crippen LogP contribution >= 0.6 is 0 Å². The van der Waals surface area contributed by atoms with Crippen LogP contribution in [0.25, 0.3) is 0 Å². The van der Waals surface area contributed by atoms with Crippen molar-refractivity contribution in [1.82, 2.24) is 19.6 Å². The second-order valence-corrected chi connectivity index (χ2v) is 10.4. The van der Waals surface area contributed by atoms with Gasteiger partial charge in [0.1, 0.15) is 6.54 Å². The summed E-state index contributed by atoms with van der Waals surface area (Å²) in [7, 11) is 5.84. The average Bonchev–Trinajstić information content (AvgIpc) is 3.57. The average molecular weight is 456 g/mol. The van der Waals surface area contributed by atoms with Crippen LogP contribution in [-0.4, -0.2) is 90.3 Å². The van der Waals surface area contributed by atoms with Crippen molar-refractivity contribution in [3.8, 4) is 0 Å². The van der Waals surface area contributed by atoms with Crippen LogP contribution in [0, 0.1) is 5.92 Å². The lowest BCUT2D eigenvalue weighted by atomic mass is 9.68. The minimum Gasteiger partial charge on any atom is -0.368 e. The summed E-state index contributed by atoms with van der Waals surface area (Å²) in [5.41, 5.74) is 6.27. The highest BCUT2D eigenvalue weighted by molar-refractivity contribution is 5.88. The van der Waals surface area contributed by atoms with Crippen molar-refractivity contribution in [3.05, 3.63) is 35.9 Å². The molecule has 0 bridgehead atoms. The molecule has 1 saturated heterocycles. The van der Waals surface area contributed by atoms with Gasteiger partial charge < -0.3 is 20.4 Å². The number of hydrogen-bond acceptors (Lipinski definition) is 4. The zero-order chi connectivity index (χ0) is 23.8. The Morgan fingerprint density at radius 2 is 1.70 bits per heavy atom. The molecule has 3 aliphatic rings. The molecular formula is C25H37N5O3. The highest BCUT2D eigenvalue weighted by Gasteiger charge is 2.55. The number of primary amides is 1. The van der Waals surface area contributed by atoms with E-state index in [1.54, 1.807) is 11.9 Å². The maximum absolute atomic E-state index is 13.5. The molecule has 8 heteroatoms. The minimum atomic E-state index is -0.557. The van der Waals surface area contributed by atoms with E-state index in [1.165, 1.54) is 23.3 Å². The Labute approximate surface area is 196 Å². The standard InChI is InChI=1S/C25H37N5O3/c1-27(2)25(20-7-5-4-6-8-20)13-11-24(12-14-25)18-29(17-22(32)28(3)16-21(26)31)23(33)30(24)15-19-9-10-19/h4-8,19H,9-18H2,1-3H3,(H2,26,31). The molecule has 4 rings (SSSR count). The van der Waals surface area contributed by atoms with Crippen molar-refractivity contribution < 1.29 is 14.4 Å². The Morgan fingerprint density at radius 3 is 2.24 bits per heavy atom. The number of urea groups is 1. The van der Waals surface area contributed by atoms with Gasteiger partial charge >= 0.3 is 6.03 Å². The van der Waals surface area contributed by atoms with Crippen molar-refractivity contribution in [3.63, 3.8) is 0 Å². The minimum absolute atomic E-state index is 0.0109. The molecule has 4 amide bonds. The number of nitrogens with zero attached hydrogens (tertiary/aromatic N) is 4. The van der Waals surface area contributed by atoms with Crippen LogP contribution in [0.15, 0.2) is 30.3 Å². The van der Waals surface area contributed by atoms with Crippen LogP contribution in [0.4, 0.5) is 4.79 Å². The Morgan fingerprint density at radius 1 is 1.06 bits per heavy atom. The van der Waals surface area contributed by atoms with E-state index in [0.29, 0.717) is 12.5 Å². The first-order valence-corrected chi connectivity index (χ1v) is 12.0. The second-order valence-electron chi connectivity index (χ2n) is 10.4. The monoisotopic (exact) mass is 455 g/mol. The van der Waals surface area contributed by atoms with Crippen LogP contribution < -0.4 is 5.73 Å². The fraction of sp³-hybridized carbons (Fsp3) is 0.640. The predicted octanol–water partition coefficient (Wildman–Crippen LogP) is 1.85. The molecule has 0 aromatic heterocycles. The van der Waals surface area contributed by atoms with Gasteiger partial charge in [-0.05, 0) is 64.1 Å². The molecule has 1 spiro atoms. The summed E-state index contributed by atoms with van der Waals surface area (Å²) >= 11 is 0. The summed E-state index contributed by atoms with van der Waals surface area (Å²) in [5, 5.41) is 0. The quantitative estimate of drug-likeness (QED) is 0.648. The van der Waals surface area contributed by atoms with Gasteiger partial charge in [-0.25, -0.2) is 4.79 Å². The Bertz CT molecular complexity index is 891. The molecule has 0 atom stereocenters. The summed E-state index contributed by atoms with van der Waals surface area (Å²) in [4.78, 5) is 44.7. The van der Waals surface area contributed by atoms with E-state index in [1.807, 2.05) is 6.07 Å². The second kappa shape index (κ2) is 8.97. The van der Waals surface area contributed by atoms with Gasteiger partial charge in [-0.15, -0.1) is 0 Å². The van der Waals surface area contributed by atoms with E-state index in [-0.39, 0.29) is 36.1 Å². The molecule has 3 fully saturated rings. The zero-order valence-corrected chi connectivity index (χ0v) is 20.1. The Balaban J connectivity index is 1.53. The molecule has 1 aromatic carbocycles. The van der Waals surface area contributed by atoms with E-state index < -0.39 is 5.91 Å². The summed E-state index contributed by atoms with van der Waals surface area (Å²) in [6.45, 7) is 1.19. The molecule has 2 saturated carbocycles. The number of rotatable bonds is 8. The third kappa shape index (κ3) is 4.58. The number of nitrogens with two attached hydrogens (primary N) is 1. The van der Waals surface area contributed by atoms with Gasteiger partial charge in [0, 0.05) is 25.7 Å². The van der Waals surface area contributed by atoms with Gasteiger partial charge in [-0.1, -0.05) is 30.3 Å². The first-order valence-electron chi connectivity index (χ1n) is 12.0. The van der Waals surface area contributed by atoms with E-state index in [2.05, 4.69) is 48.2 Å². The third-order valence-corrected chi connectivity index (χ3v) is 8.02. The molecule has 2 N–H and O–H groups in total. The summed E-state index contributed by atoms with van der Waals surface area (Å²) in [5.74, 6) is -0.236. The van der Waals surface area contributed by atoms with Crippen molar-refractivity contribution in [2.24, 2.45) is 11.7 Å². The first-order chi connectivity index (χ1) is 15.7. The van der Waals surface area contributed by atoms with Crippen molar-refractivity contribution in [1.29, 1.82) is 0 Å². The zero-order valence-electron chi connectivity index (χ0n) is 20.1. The van der Waals surface area contributed by atoms with Crippen LogP contribution in [0.2, 0.25) is 0 Å². The molecule has 8 nitrogen and oxygen atoms in total. The van der Waals surface area contributed by atoms with E-state index in [9.17, 15) is 14.4 Å². The SMILES string of the molecule is CN(CC(N)=O)C(=O)CN1CC2(CCC(c3ccccc3)(N(C)C)CC2)N(CC2CC2)C1=O. The van der Waals surface area contributed by atoms with E-state index >= 15 is 0 Å². The maximum atomic E-state index is 13.5. The molecule has 33 heavy (non-hydrogen) atoms. The molecule has 1 aromatic rings. The lowest BCUT2D eigenvalue weighted by Crippen LogP contribution is -2.55. The van der Waals surface area contributed by atoms with Crippen molar-refractivity contribution in [2.45, 2.75) is 49.6 Å². The normalized spacial score (nSPS) is 27.5. The van der Waals surface area contributed by atoms with Gasteiger partial charge in [0.25, 0.3) is 0 Å². The molecule has 180 valence electrons. The molecule has 1 heterocycles. The molecule has 0 unspecified atom stereocenters. The fourth-order valence-corrected chi connectivity index (χ4v) is 5.74. The smallest absolute Gasteiger partial charge is 0.321 e. The summed E-state index contributed by atoms with van der Waals surface area (Å²) < 4.78 is 0. The maximum Gasteiger partial charge on any atom is 0.321 e. The van der Waals surface area contributed by atoms with Gasteiger partial charge in [-0.3, -0.25) is 14.5 Å². The molecule has 1 aliphatic heterocycles. The van der Waals surface area contributed by atoms with Gasteiger partial charge in [0.05, 0.1) is 12.1 Å². The predicted molar refractivity (Wildman–Crippen MR) is 126 cm³/mol. The third-order valence-electron chi connectivity index (χ3n) is 8.02. The van der Waals surface area contributed by atoms with Gasteiger partial charge in [0.2, 0.25) is 11.8 Å². The molecule has 0 radical (unpaired) electrons. The van der Waals surface area contributed by atoms with Crippen LogP contribution in [0.3, 0.4) is 0 Å². The lowest BCUT2D eigenvalue weighted by Gasteiger charge is -2.51. The Hall–Kier alpha value is -2.61. The topological polar surface area (TPSA) is 90.2 Å². The van der Waals surface area contributed by atoms with Crippen molar-refractivity contribution in [2.75, 3.05) is 47.3 Å². The van der Waals surface area contributed by atoms with Crippen LogP contribution in [0.1, 0.15) is 44.1 Å². The van der Waals surface area contributed by atoms with Crippen LogP contribution in [0.5, 0.6) is 0 Å². The van der Waals surface area contributed by atoms with E-state index in [0.717, 1.165) is 32.2 Å². The number of hydrogen-bond donors (Lipinski definition) is 1. The lowest BCUT2D eigenvalue weighted by molar-refractivity contribution is -0.134.